The van der Waals surface area contributed by atoms with Gasteiger partial charge in [0.1, 0.15) is 6.61 Å². The van der Waals surface area contributed by atoms with Gasteiger partial charge < -0.3 is 4.74 Å². The lowest BCUT2D eigenvalue weighted by Crippen LogP contribution is -2.23. The third-order valence-electron chi connectivity index (χ3n) is 2.05. The first-order valence-electron chi connectivity index (χ1n) is 5.03. The van der Waals surface area contributed by atoms with E-state index in [-0.39, 0.29) is 5.97 Å². The van der Waals surface area contributed by atoms with Gasteiger partial charge >= 0.3 is 5.97 Å². The van der Waals surface area contributed by atoms with E-state index in [1.165, 1.54) is 0 Å². The van der Waals surface area contributed by atoms with Crippen LogP contribution in [-0.4, -0.2) is 12.6 Å². The van der Waals surface area contributed by atoms with E-state index in [2.05, 4.69) is 12.2 Å². The Kier molecular flexibility index (Phi) is 3.50. The Hall–Kier alpha value is -1.05. The fourth-order valence-electron chi connectivity index (χ4n) is 1.14. The molecule has 0 radical (unpaired) electrons. The van der Waals surface area contributed by atoms with Crippen LogP contribution < -0.4 is 0 Å². The number of hydrogen-bond donors (Lipinski definition) is 0. The zero-order valence-electron chi connectivity index (χ0n) is 9.17. The molecular formula is C12H18O2. The number of ether oxygens (including phenoxy) is 1. The average Bonchev–Trinajstić information content (AvgIpc) is 2.14. The molecule has 14 heavy (non-hydrogen) atoms. The maximum atomic E-state index is 11.4. The van der Waals surface area contributed by atoms with Crippen LogP contribution in [0.5, 0.6) is 0 Å². The summed E-state index contributed by atoms with van der Waals surface area (Å²) >= 11 is 0. The van der Waals surface area contributed by atoms with Gasteiger partial charge in [0.05, 0.1) is 5.41 Å². The first kappa shape index (κ1) is 11.0. The Bertz CT molecular complexity index is 267. The minimum Gasteiger partial charge on any atom is -0.460 e. The number of esters is 1. The van der Waals surface area contributed by atoms with E-state index in [1.54, 1.807) is 0 Å². The van der Waals surface area contributed by atoms with Crippen molar-refractivity contribution in [2.45, 2.75) is 33.6 Å². The van der Waals surface area contributed by atoms with Gasteiger partial charge in [-0.3, -0.25) is 4.79 Å². The summed E-state index contributed by atoms with van der Waals surface area (Å²) in [5, 5.41) is 0. The topological polar surface area (TPSA) is 26.3 Å². The highest BCUT2D eigenvalue weighted by atomic mass is 16.5. The highest BCUT2D eigenvalue weighted by molar-refractivity contribution is 5.75. The Morgan fingerprint density at radius 2 is 2.14 bits per heavy atom. The number of carbonyl (C=O) groups is 1. The van der Waals surface area contributed by atoms with Crippen LogP contribution in [0, 0.1) is 5.41 Å². The second-order valence-electron chi connectivity index (χ2n) is 4.58. The maximum Gasteiger partial charge on any atom is 0.311 e. The van der Waals surface area contributed by atoms with Gasteiger partial charge in [-0.1, -0.05) is 18.2 Å². The van der Waals surface area contributed by atoms with E-state index >= 15 is 0 Å². The van der Waals surface area contributed by atoms with Crippen molar-refractivity contribution in [3.63, 3.8) is 0 Å². The van der Waals surface area contributed by atoms with Crippen LogP contribution >= 0.6 is 0 Å². The molecule has 0 aromatic rings. The highest BCUT2D eigenvalue weighted by Gasteiger charge is 2.22. The van der Waals surface area contributed by atoms with Crippen molar-refractivity contribution in [3.8, 4) is 0 Å². The van der Waals surface area contributed by atoms with Gasteiger partial charge in [-0.25, -0.2) is 0 Å². The predicted molar refractivity (Wildman–Crippen MR) is 56.9 cm³/mol. The molecule has 1 aliphatic rings. The molecule has 0 N–H and O–H groups in total. The summed E-state index contributed by atoms with van der Waals surface area (Å²) in [4.78, 5) is 11.4. The van der Waals surface area contributed by atoms with Gasteiger partial charge in [-0.15, -0.1) is 0 Å². The third-order valence-corrected chi connectivity index (χ3v) is 2.05. The van der Waals surface area contributed by atoms with Crippen LogP contribution in [0.4, 0.5) is 0 Å². The van der Waals surface area contributed by atoms with Crippen molar-refractivity contribution in [1.82, 2.24) is 0 Å². The molecule has 0 saturated heterocycles. The Morgan fingerprint density at radius 1 is 1.43 bits per heavy atom. The van der Waals surface area contributed by atoms with Gasteiger partial charge in [0.25, 0.3) is 0 Å². The van der Waals surface area contributed by atoms with Crippen LogP contribution in [0.15, 0.2) is 23.8 Å². The molecule has 0 amide bonds. The van der Waals surface area contributed by atoms with E-state index in [4.69, 9.17) is 4.74 Å². The highest BCUT2D eigenvalue weighted by Crippen LogP contribution is 2.17. The molecule has 1 aliphatic carbocycles. The molecule has 0 aromatic carbocycles. The van der Waals surface area contributed by atoms with Crippen molar-refractivity contribution in [1.29, 1.82) is 0 Å². The van der Waals surface area contributed by atoms with Crippen LogP contribution in [0.25, 0.3) is 0 Å². The molecule has 0 unspecified atom stereocenters. The smallest absolute Gasteiger partial charge is 0.311 e. The van der Waals surface area contributed by atoms with Gasteiger partial charge in [0.15, 0.2) is 0 Å². The quantitative estimate of drug-likeness (QED) is 0.632. The van der Waals surface area contributed by atoms with Gasteiger partial charge in [0.2, 0.25) is 0 Å². The summed E-state index contributed by atoms with van der Waals surface area (Å²) in [6.45, 7) is 5.99. The zero-order chi connectivity index (χ0) is 10.6. The second-order valence-corrected chi connectivity index (χ2v) is 4.58. The van der Waals surface area contributed by atoms with E-state index in [0.29, 0.717) is 6.61 Å². The van der Waals surface area contributed by atoms with Gasteiger partial charge in [0, 0.05) is 0 Å². The Balaban J connectivity index is 2.37. The van der Waals surface area contributed by atoms with Gasteiger partial charge in [-0.05, 0) is 39.2 Å². The molecule has 0 aromatic heterocycles. The van der Waals surface area contributed by atoms with E-state index in [9.17, 15) is 4.79 Å². The van der Waals surface area contributed by atoms with Crippen LogP contribution in [0.3, 0.4) is 0 Å². The van der Waals surface area contributed by atoms with E-state index in [1.807, 2.05) is 26.8 Å². The summed E-state index contributed by atoms with van der Waals surface area (Å²) in [5.74, 6) is -0.141. The zero-order valence-corrected chi connectivity index (χ0v) is 9.17. The van der Waals surface area contributed by atoms with Crippen molar-refractivity contribution in [2.75, 3.05) is 6.61 Å². The van der Waals surface area contributed by atoms with Crippen LogP contribution in [0.2, 0.25) is 0 Å². The standard InChI is InChI=1S/C12H18O2/c1-12(2,3)11(13)14-9-10-7-5-4-6-8-10/h5,7-8H,4,6,9H2,1-3H3. The summed E-state index contributed by atoms with van der Waals surface area (Å²) < 4.78 is 5.19. The molecular weight excluding hydrogens is 176 g/mol. The largest absolute Gasteiger partial charge is 0.460 e. The predicted octanol–water partition coefficient (Wildman–Crippen LogP) is 2.85. The minimum absolute atomic E-state index is 0.141. The number of carbonyl (C=O) groups excluding carboxylic acids is 1. The van der Waals surface area contributed by atoms with Gasteiger partial charge in [-0.2, -0.15) is 0 Å². The molecule has 2 heteroatoms. The van der Waals surface area contributed by atoms with Crippen molar-refractivity contribution in [3.05, 3.63) is 23.8 Å². The maximum absolute atomic E-state index is 11.4. The first-order chi connectivity index (χ1) is 6.50. The van der Waals surface area contributed by atoms with E-state index < -0.39 is 5.41 Å². The number of rotatable bonds is 2. The van der Waals surface area contributed by atoms with E-state index in [0.717, 1.165) is 18.4 Å². The monoisotopic (exact) mass is 194 g/mol. The van der Waals surface area contributed by atoms with Crippen molar-refractivity contribution < 1.29 is 9.53 Å². The van der Waals surface area contributed by atoms with Crippen molar-refractivity contribution in [2.24, 2.45) is 5.41 Å². The molecule has 0 fully saturated rings. The average molecular weight is 194 g/mol. The summed E-state index contributed by atoms with van der Waals surface area (Å²) in [6, 6.07) is 0. The summed E-state index contributed by atoms with van der Waals surface area (Å²) in [6.07, 6.45) is 8.41. The molecule has 0 bridgehead atoms. The molecule has 0 atom stereocenters. The molecule has 0 aliphatic heterocycles. The molecule has 1 rings (SSSR count). The molecule has 0 saturated carbocycles. The lowest BCUT2D eigenvalue weighted by molar-refractivity contribution is -0.151. The molecule has 2 nitrogen and oxygen atoms in total. The van der Waals surface area contributed by atoms with Crippen LogP contribution in [0.1, 0.15) is 33.6 Å². The third kappa shape index (κ3) is 3.36. The first-order valence-corrected chi connectivity index (χ1v) is 5.03. The Labute approximate surface area is 85.6 Å². The molecule has 0 heterocycles. The Morgan fingerprint density at radius 3 is 2.64 bits per heavy atom. The summed E-state index contributed by atoms with van der Waals surface area (Å²) in [5.41, 5.74) is 0.702. The van der Waals surface area contributed by atoms with Crippen LogP contribution in [-0.2, 0) is 9.53 Å². The second kappa shape index (κ2) is 4.45. The lowest BCUT2D eigenvalue weighted by Gasteiger charge is -2.17. The lowest BCUT2D eigenvalue weighted by atomic mass is 9.97. The van der Waals surface area contributed by atoms with Crippen molar-refractivity contribution >= 4 is 5.97 Å². The molecule has 78 valence electrons. The summed E-state index contributed by atoms with van der Waals surface area (Å²) in [7, 11) is 0. The normalized spacial score (nSPS) is 16.4. The minimum atomic E-state index is -0.404. The number of hydrogen-bond acceptors (Lipinski definition) is 2. The fourth-order valence-corrected chi connectivity index (χ4v) is 1.14. The molecule has 0 spiro atoms. The number of allylic oxidation sites excluding steroid dienone is 2. The SMILES string of the molecule is CC(C)(C)C(=O)OCC1=CCCC=C1. The fraction of sp³-hybridized carbons (Fsp3) is 0.583.